The van der Waals surface area contributed by atoms with Crippen LogP contribution in [0.25, 0.3) is 22.6 Å². The van der Waals surface area contributed by atoms with Crippen LogP contribution in [0.1, 0.15) is 16.7 Å². The molecule has 0 amide bonds. The van der Waals surface area contributed by atoms with Crippen LogP contribution in [0.15, 0.2) is 63.7 Å². The quantitative estimate of drug-likeness (QED) is 0.425. The van der Waals surface area contributed by atoms with E-state index in [0.717, 1.165) is 32.3 Å². The Morgan fingerprint density at radius 1 is 1.12 bits per heavy atom. The van der Waals surface area contributed by atoms with Gasteiger partial charge in [-0.1, -0.05) is 18.2 Å². The minimum absolute atomic E-state index is 0.213. The number of fused-ring (bicyclic) bond motifs is 1. The summed E-state index contributed by atoms with van der Waals surface area (Å²) in [7, 11) is 0. The molecule has 2 aromatic heterocycles. The van der Waals surface area contributed by atoms with Crippen LogP contribution in [-0.2, 0) is 6.54 Å². The van der Waals surface area contributed by atoms with Crippen LogP contribution in [0.4, 0.5) is 4.39 Å². The number of aryl methyl sites for hydroxylation is 2. The predicted molar refractivity (Wildman–Crippen MR) is 102 cm³/mol. The van der Waals surface area contributed by atoms with Crippen molar-refractivity contribution in [2.24, 2.45) is 0 Å². The molecule has 0 spiro atoms. The molecule has 0 radical (unpaired) electrons. The molecule has 2 heterocycles. The van der Waals surface area contributed by atoms with Gasteiger partial charge < -0.3 is 4.42 Å². The lowest BCUT2D eigenvalue weighted by Crippen LogP contribution is -2.34. The monoisotopic (exact) mass is 411 g/mol. The third-order valence-electron chi connectivity index (χ3n) is 4.27. The Morgan fingerprint density at radius 3 is 2.73 bits per heavy atom. The molecule has 4 rings (SSSR count). The van der Waals surface area contributed by atoms with Crippen LogP contribution in [0.5, 0.6) is 0 Å². The maximum absolute atomic E-state index is 14.0. The minimum atomic E-state index is -0.213. The number of hydrogen-bond acceptors (Lipinski definition) is 2. The van der Waals surface area contributed by atoms with E-state index in [1.54, 1.807) is 12.1 Å². The molecule has 0 fully saturated rings. The standard InChI is InChI=1S/C21H17BrFN2O/c1-13-7-14(2)20-19(8-13)24-21(26-20)16-9-17(22)12-25(11-16)10-15-5-3-4-6-18(15)23/h3-9,11-12H,10H2,1-2H3/q+1. The van der Waals surface area contributed by atoms with Crippen molar-refractivity contribution < 1.29 is 13.4 Å². The van der Waals surface area contributed by atoms with Crippen LogP contribution in [-0.4, -0.2) is 4.98 Å². The zero-order chi connectivity index (χ0) is 18.3. The number of nitrogens with zero attached hydrogens (tertiary/aromatic N) is 2. The van der Waals surface area contributed by atoms with Crippen LogP contribution >= 0.6 is 15.9 Å². The van der Waals surface area contributed by atoms with Gasteiger partial charge in [-0.25, -0.2) is 9.37 Å². The molecule has 130 valence electrons. The molecule has 5 heteroatoms. The van der Waals surface area contributed by atoms with Gasteiger partial charge in [0.25, 0.3) is 0 Å². The predicted octanol–water partition coefficient (Wildman–Crippen LogP) is 5.35. The van der Waals surface area contributed by atoms with E-state index in [0.29, 0.717) is 18.0 Å². The average molecular weight is 412 g/mol. The second-order valence-corrected chi connectivity index (χ2v) is 7.37. The third kappa shape index (κ3) is 3.27. The van der Waals surface area contributed by atoms with E-state index in [-0.39, 0.29) is 5.82 Å². The number of oxazole rings is 1. The van der Waals surface area contributed by atoms with Crippen molar-refractivity contribution in [3.63, 3.8) is 0 Å². The summed E-state index contributed by atoms with van der Waals surface area (Å²) in [6.07, 6.45) is 3.83. The van der Waals surface area contributed by atoms with E-state index in [4.69, 9.17) is 4.42 Å². The zero-order valence-corrected chi connectivity index (χ0v) is 16.0. The summed E-state index contributed by atoms with van der Waals surface area (Å²) in [5.74, 6) is 0.340. The van der Waals surface area contributed by atoms with Gasteiger partial charge in [-0.05, 0) is 65.2 Å². The SMILES string of the molecule is Cc1cc(C)c2oc(-c3cc(Br)c[n+](Cc4ccccc4F)c3)nc2c1. The Hall–Kier alpha value is -2.53. The molecule has 0 N–H and O–H groups in total. The lowest BCUT2D eigenvalue weighted by molar-refractivity contribution is -0.688. The molecule has 3 nitrogen and oxygen atoms in total. The minimum Gasteiger partial charge on any atom is -0.436 e. The van der Waals surface area contributed by atoms with Crippen molar-refractivity contribution in [2.75, 3.05) is 0 Å². The Kier molecular flexibility index (Phi) is 4.32. The smallest absolute Gasteiger partial charge is 0.233 e. The van der Waals surface area contributed by atoms with Crippen LogP contribution < -0.4 is 4.57 Å². The fourth-order valence-corrected chi connectivity index (χ4v) is 3.64. The lowest BCUT2D eigenvalue weighted by Gasteiger charge is -2.02. The average Bonchev–Trinajstić information content (AvgIpc) is 3.01. The van der Waals surface area contributed by atoms with Crippen molar-refractivity contribution in [3.05, 3.63) is 81.8 Å². The Balaban J connectivity index is 1.77. The van der Waals surface area contributed by atoms with E-state index in [1.165, 1.54) is 6.07 Å². The number of pyridine rings is 1. The summed E-state index contributed by atoms with van der Waals surface area (Å²) in [6.45, 7) is 4.49. The molecule has 0 aliphatic carbocycles. The fourth-order valence-electron chi connectivity index (χ4n) is 3.13. The van der Waals surface area contributed by atoms with Gasteiger partial charge in [0.15, 0.2) is 24.5 Å². The number of hydrogen-bond donors (Lipinski definition) is 0. The lowest BCUT2D eigenvalue weighted by atomic mass is 10.1. The van der Waals surface area contributed by atoms with Crippen LogP contribution in [0.3, 0.4) is 0 Å². The van der Waals surface area contributed by atoms with Crippen molar-refractivity contribution in [1.29, 1.82) is 0 Å². The van der Waals surface area contributed by atoms with Gasteiger partial charge in [0.1, 0.15) is 16.9 Å². The first-order valence-corrected chi connectivity index (χ1v) is 9.10. The molecule has 0 atom stereocenters. The third-order valence-corrected chi connectivity index (χ3v) is 4.70. The molecule has 0 saturated carbocycles. The second-order valence-electron chi connectivity index (χ2n) is 6.46. The van der Waals surface area contributed by atoms with Gasteiger partial charge in [0.2, 0.25) is 5.89 Å². The Morgan fingerprint density at radius 2 is 1.92 bits per heavy atom. The molecule has 0 unspecified atom stereocenters. The number of benzene rings is 2. The summed E-state index contributed by atoms with van der Waals surface area (Å²) in [6, 6.07) is 12.8. The largest absolute Gasteiger partial charge is 0.436 e. The summed E-state index contributed by atoms with van der Waals surface area (Å²) >= 11 is 3.53. The molecule has 0 saturated heterocycles. The van der Waals surface area contributed by atoms with Gasteiger partial charge in [0.05, 0.1) is 10.0 Å². The molecule has 2 aromatic carbocycles. The fraction of sp³-hybridized carbons (Fsp3) is 0.143. The second kappa shape index (κ2) is 6.65. The maximum atomic E-state index is 14.0. The molecular weight excluding hydrogens is 395 g/mol. The van der Waals surface area contributed by atoms with Crippen molar-refractivity contribution in [3.8, 4) is 11.5 Å². The maximum Gasteiger partial charge on any atom is 0.233 e. The van der Waals surface area contributed by atoms with Crippen LogP contribution in [0.2, 0.25) is 0 Å². The first-order chi connectivity index (χ1) is 12.5. The topological polar surface area (TPSA) is 29.9 Å². The van der Waals surface area contributed by atoms with Gasteiger partial charge in [-0.3, -0.25) is 0 Å². The highest BCUT2D eigenvalue weighted by Crippen LogP contribution is 2.28. The van der Waals surface area contributed by atoms with Gasteiger partial charge >= 0.3 is 0 Å². The first kappa shape index (κ1) is 16.9. The van der Waals surface area contributed by atoms with Gasteiger partial charge in [0, 0.05) is 0 Å². The first-order valence-electron chi connectivity index (χ1n) is 8.31. The van der Waals surface area contributed by atoms with Crippen molar-refractivity contribution in [2.45, 2.75) is 20.4 Å². The number of rotatable bonds is 3. The zero-order valence-electron chi connectivity index (χ0n) is 14.5. The van der Waals surface area contributed by atoms with Gasteiger partial charge in [-0.15, -0.1) is 0 Å². The van der Waals surface area contributed by atoms with Crippen molar-refractivity contribution >= 4 is 27.0 Å². The van der Waals surface area contributed by atoms with Crippen LogP contribution in [0, 0.1) is 19.7 Å². The van der Waals surface area contributed by atoms with Crippen molar-refractivity contribution in [1.82, 2.24) is 4.98 Å². The summed E-state index contributed by atoms with van der Waals surface area (Å²) in [4.78, 5) is 4.64. The van der Waals surface area contributed by atoms with E-state index >= 15 is 0 Å². The van der Waals surface area contributed by atoms with E-state index in [9.17, 15) is 4.39 Å². The molecule has 0 aliphatic rings. The Bertz CT molecular complexity index is 1120. The highest BCUT2D eigenvalue weighted by Gasteiger charge is 2.16. The highest BCUT2D eigenvalue weighted by molar-refractivity contribution is 9.10. The van der Waals surface area contributed by atoms with E-state index in [1.807, 2.05) is 49.0 Å². The van der Waals surface area contributed by atoms with E-state index in [2.05, 4.69) is 27.0 Å². The highest BCUT2D eigenvalue weighted by atomic mass is 79.9. The molecular formula is C21H17BrFN2O+. The van der Waals surface area contributed by atoms with E-state index < -0.39 is 0 Å². The summed E-state index contributed by atoms with van der Waals surface area (Å²) < 4.78 is 22.8. The Labute approximate surface area is 159 Å². The summed E-state index contributed by atoms with van der Waals surface area (Å²) in [5, 5.41) is 0. The summed E-state index contributed by atoms with van der Waals surface area (Å²) in [5.41, 5.74) is 5.32. The molecule has 0 aliphatic heterocycles. The molecule has 26 heavy (non-hydrogen) atoms. The normalized spacial score (nSPS) is 11.2. The molecule has 0 bridgehead atoms. The number of halogens is 2. The number of aromatic nitrogens is 2. The molecule has 4 aromatic rings. The van der Waals surface area contributed by atoms with Gasteiger partial charge in [-0.2, -0.15) is 4.57 Å².